The van der Waals surface area contributed by atoms with Gasteiger partial charge in [-0.2, -0.15) is 0 Å². The van der Waals surface area contributed by atoms with E-state index in [0.29, 0.717) is 12.1 Å². The number of aryl methyl sites for hydroxylation is 1. The molecule has 0 saturated heterocycles. The van der Waals surface area contributed by atoms with E-state index < -0.39 is 5.97 Å². The summed E-state index contributed by atoms with van der Waals surface area (Å²) in [5.41, 5.74) is 2.75. The SMILES string of the molecule is COC(=O)c1ccccc1C(=O)NCc1ccc(C)cc1. The van der Waals surface area contributed by atoms with Crippen molar-refractivity contribution in [3.8, 4) is 0 Å². The Kier molecular flexibility index (Phi) is 4.72. The maximum Gasteiger partial charge on any atom is 0.338 e. The van der Waals surface area contributed by atoms with E-state index in [0.717, 1.165) is 5.56 Å². The van der Waals surface area contributed by atoms with Gasteiger partial charge in [0.1, 0.15) is 0 Å². The number of ether oxygens (including phenoxy) is 1. The van der Waals surface area contributed by atoms with Gasteiger partial charge in [-0.1, -0.05) is 42.0 Å². The lowest BCUT2D eigenvalue weighted by molar-refractivity contribution is 0.0596. The van der Waals surface area contributed by atoms with E-state index in [1.165, 1.54) is 12.7 Å². The summed E-state index contributed by atoms with van der Waals surface area (Å²) in [6.07, 6.45) is 0. The van der Waals surface area contributed by atoms with Crippen LogP contribution in [0.1, 0.15) is 31.8 Å². The number of rotatable bonds is 4. The van der Waals surface area contributed by atoms with Gasteiger partial charge in [0.2, 0.25) is 0 Å². The Hall–Kier alpha value is -2.62. The molecule has 2 rings (SSSR count). The summed E-state index contributed by atoms with van der Waals surface area (Å²) in [6.45, 7) is 2.42. The first-order valence-electron chi connectivity index (χ1n) is 6.63. The molecule has 0 bridgehead atoms. The van der Waals surface area contributed by atoms with Crippen molar-refractivity contribution in [1.29, 1.82) is 0 Å². The zero-order valence-electron chi connectivity index (χ0n) is 12.1. The molecule has 0 atom stereocenters. The molecule has 21 heavy (non-hydrogen) atoms. The molecule has 108 valence electrons. The van der Waals surface area contributed by atoms with Gasteiger partial charge in [-0.3, -0.25) is 4.79 Å². The smallest absolute Gasteiger partial charge is 0.338 e. The second kappa shape index (κ2) is 6.70. The number of carbonyl (C=O) groups is 2. The third-order valence-electron chi connectivity index (χ3n) is 3.15. The van der Waals surface area contributed by atoms with Gasteiger partial charge in [-0.15, -0.1) is 0 Å². The number of hydrogen-bond acceptors (Lipinski definition) is 3. The third kappa shape index (κ3) is 3.69. The van der Waals surface area contributed by atoms with Crippen LogP contribution in [0, 0.1) is 6.92 Å². The lowest BCUT2D eigenvalue weighted by Crippen LogP contribution is -2.25. The summed E-state index contributed by atoms with van der Waals surface area (Å²) in [4.78, 5) is 23.9. The third-order valence-corrected chi connectivity index (χ3v) is 3.15. The van der Waals surface area contributed by atoms with Crippen molar-refractivity contribution >= 4 is 11.9 Å². The largest absolute Gasteiger partial charge is 0.465 e. The fourth-order valence-corrected chi connectivity index (χ4v) is 1.95. The minimum atomic E-state index is -0.518. The van der Waals surface area contributed by atoms with Crippen molar-refractivity contribution in [2.75, 3.05) is 7.11 Å². The van der Waals surface area contributed by atoms with Gasteiger partial charge in [0, 0.05) is 6.54 Å². The van der Waals surface area contributed by atoms with Crippen molar-refractivity contribution in [3.05, 3.63) is 70.8 Å². The molecule has 2 aromatic rings. The van der Waals surface area contributed by atoms with Crippen LogP contribution >= 0.6 is 0 Å². The van der Waals surface area contributed by atoms with Crippen molar-refractivity contribution < 1.29 is 14.3 Å². The van der Waals surface area contributed by atoms with E-state index in [2.05, 4.69) is 10.1 Å². The summed E-state index contributed by atoms with van der Waals surface area (Å²) in [5.74, 6) is -0.812. The first-order valence-corrected chi connectivity index (χ1v) is 6.63. The number of nitrogens with one attached hydrogen (secondary N) is 1. The zero-order chi connectivity index (χ0) is 15.2. The summed E-state index contributed by atoms with van der Waals surface area (Å²) >= 11 is 0. The Balaban J connectivity index is 2.10. The van der Waals surface area contributed by atoms with Gasteiger partial charge in [0.05, 0.1) is 18.2 Å². The van der Waals surface area contributed by atoms with Crippen LogP contribution in [0.3, 0.4) is 0 Å². The van der Waals surface area contributed by atoms with E-state index in [1.807, 2.05) is 31.2 Å². The zero-order valence-corrected chi connectivity index (χ0v) is 12.1. The lowest BCUT2D eigenvalue weighted by Gasteiger charge is -2.09. The van der Waals surface area contributed by atoms with Crippen molar-refractivity contribution in [2.45, 2.75) is 13.5 Å². The number of methoxy groups -OCH3 is 1. The quantitative estimate of drug-likeness (QED) is 0.878. The van der Waals surface area contributed by atoms with Gasteiger partial charge in [0.25, 0.3) is 5.91 Å². The molecule has 2 aromatic carbocycles. The summed E-state index contributed by atoms with van der Waals surface area (Å²) < 4.78 is 4.68. The maximum absolute atomic E-state index is 12.2. The molecule has 0 aromatic heterocycles. The normalized spacial score (nSPS) is 10.0. The first kappa shape index (κ1) is 14.8. The molecule has 4 nitrogen and oxygen atoms in total. The average Bonchev–Trinajstić information content (AvgIpc) is 2.53. The van der Waals surface area contributed by atoms with Gasteiger partial charge in [-0.25, -0.2) is 4.79 Å². The van der Waals surface area contributed by atoms with Gasteiger partial charge in [-0.05, 0) is 24.6 Å². The van der Waals surface area contributed by atoms with Crippen LogP contribution in [0.4, 0.5) is 0 Å². The topological polar surface area (TPSA) is 55.4 Å². The molecule has 0 aliphatic rings. The Morgan fingerprint density at radius 2 is 1.62 bits per heavy atom. The monoisotopic (exact) mass is 283 g/mol. The van der Waals surface area contributed by atoms with E-state index in [4.69, 9.17) is 0 Å². The molecular formula is C17H17NO3. The van der Waals surface area contributed by atoms with Crippen LogP contribution in [0.2, 0.25) is 0 Å². The van der Waals surface area contributed by atoms with Crippen molar-refractivity contribution in [3.63, 3.8) is 0 Å². The van der Waals surface area contributed by atoms with E-state index in [9.17, 15) is 9.59 Å². The average molecular weight is 283 g/mol. The fourth-order valence-electron chi connectivity index (χ4n) is 1.95. The summed E-state index contributed by atoms with van der Waals surface area (Å²) in [5, 5.41) is 2.81. The van der Waals surface area contributed by atoms with Crippen LogP contribution < -0.4 is 5.32 Å². The van der Waals surface area contributed by atoms with Crippen LogP contribution in [-0.2, 0) is 11.3 Å². The molecule has 4 heteroatoms. The maximum atomic E-state index is 12.2. The van der Waals surface area contributed by atoms with Crippen molar-refractivity contribution in [2.24, 2.45) is 0 Å². The molecule has 0 aliphatic carbocycles. The second-order valence-corrected chi connectivity index (χ2v) is 4.71. The van der Waals surface area contributed by atoms with Crippen LogP contribution in [0.25, 0.3) is 0 Å². The van der Waals surface area contributed by atoms with Gasteiger partial charge in [0.15, 0.2) is 0 Å². The first-order chi connectivity index (χ1) is 10.1. The molecule has 0 radical (unpaired) electrons. The standard InChI is InChI=1S/C17H17NO3/c1-12-7-9-13(10-8-12)11-18-16(19)14-5-3-4-6-15(14)17(20)21-2/h3-10H,11H2,1-2H3,(H,18,19). The highest BCUT2D eigenvalue weighted by Gasteiger charge is 2.16. The fraction of sp³-hybridized carbons (Fsp3) is 0.176. The van der Waals surface area contributed by atoms with E-state index in [-0.39, 0.29) is 11.5 Å². The molecule has 0 spiro atoms. The van der Waals surface area contributed by atoms with Crippen molar-refractivity contribution in [1.82, 2.24) is 5.32 Å². The highest BCUT2D eigenvalue weighted by Crippen LogP contribution is 2.10. The minimum Gasteiger partial charge on any atom is -0.465 e. The summed E-state index contributed by atoms with van der Waals surface area (Å²) in [7, 11) is 1.29. The predicted molar refractivity (Wildman–Crippen MR) is 80.1 cm³/mol. The highest BCUT2D eigenvalue weighted by atomic mass is 16.5. The number of carbonyl (C=O) groups excluding carboxylic acids is 2. The molecule has 0 saturated carbocycles. The highest BCUT2D eigenvalue weighted by molar-refractivity contribution is 6.05. The Morgan fingerprint density at radius 1 is 1.00 bits per heavy atom. The predicted octanol–water partition coefficient (Wildman–Crippen LogP) is 2.71. The summed E-state index contributed by atoms with van der Waals surface area (Å²) in [6, 6.07) is 14.5. The van der Waals surface area contributed by atoms with Crippen LogP contribution in [0.5, 0.6) is 0 Å². The van der Waals surface area contributed by atoms with Gasteiger partial charge >= 0.3 is 5.97 Å². The molecule has 0 aliphatic heterocycles. The molecule has 1 amide bonds. The number of hydrogen-bond donors (Lipinski definition) is 1. The molecule has 0 unspecified atom stereocenters. The Morgan fingerprint density at radius 3 is 2.24 bits per heavy atom. The lowest BCUT2D eigenvalue weighted by atomic mass is 10.1. The number of benzene rings is 2. The van der Waals surface area contributed by atoms with E-state index >= 15 is 0 Å². The van der Waals surface area contributed by atoms with Crippen LogP contribution in [0.15, 0.2) is 48.5 Å². The van der Waals surface area contributed by atoms with Crippen LogP contribution in [-0.4, -0.2) is 19.0 Å². The Labute approximate surface area is 123 Å². The van der Waals surface area contributed by atoms with Gasteiger partial charge < -0.3 is 10.1 Å². The number of amides is 1. The molecular weight excluding hydrogens is 266 g/mol. The number of esters is 1. The Bertz CT molecular complexity index is 647. The minimum absolute atomic E-state index is 0.265. The molecule has 1 N–H and O–H groups in total. The second-order valence-electron chi connectivity index (χ2n) is 4.71. The van der Waals surface area contributed by atoms with E-state index in [1.54, 1.807) is 24.3 Å². The molecule has 0 heterocycles. The molecule has 0 fully saturated rings.